The van der Waals surface area contributed by atoms with Gasteiger partial charge in [0, 0.05) is 17.6 Å². The predicted molar refractivity (Wildman–Crippen MR) is 155 cm³/mol. The number of methoxy groups -OCH3 is 2. The van der Waals surface area contributed by atoms with Gasteiger partial charge in [-0.2, -0.15) is 0 Å². The molecule has 0 spiro atoms. The number of aromatic amines is 1. The second kappa shape index (κ2) is 11.6. The van der Waals surface area contributed by atoms with Gasteiger partial charge in [0.15, 0.2) is 11.4 Å². The lowest BCUT2D eigenvalue weighted by atomic mass is 9.99. The fourth-order valence-corrected chi connectivity index (χ4v) is 4.78. The number of nitrogens with zero attached hydrogens (tertiary/aromatic N) is 3. The standard InChI is InChI=1S/C21H20N2O2.C11H8N2O2/c1-13-8-14(2)18(15(3)9-13)12-23-19-11-17(22-4)7-6-16(19)10-20(23)21(24)25-5;1-12-8-4-3-7-5-10(11(14)15-2)13-9(7)6-8/h6-11H,12H2,1-3,5H3;3-6,13H,2H3. The highest BCUT2D eigenvalue weighted by molar-refractivity contribution is 5.97. The Labute approximate surface area is 232 Å². The molecule has 200 valence electrons. The van der Waals surface area contributed by atoms with Crippen LogP contribution >= 0.6 is 0 Å². The molecule has 5 rings (SSSR count). The zero-order chi connectivity index (χ0) is 29.0. The molecule has 0 amide bonds. The van der Waals surface area contributed by atoms with Gasteiger partial charge < -0.3 is 19.0 Å². The first-order valence-electron chi connectivity index (χ1n) is 12.4. The maximum Gasteiger partial charge on any atom is 0.354 e. The smallest absolute Gasteiger partial charge is 0.354 e. The van der Waals surface area contributed by atoms with Crippen LogP contribution in [-0.4, -0.2) is 35.7 Å². The van der Waals surface area contributed by atoms with Crippen molar-refractivity contribution < 1.29 is 19.1 Å². The molecule has 0 atom stereocenters. The van der Waals surface area contributed by atoms with Crippen LogP contribution in [0.2, 0.25) is 0 Å². The summed E-state index contributed by atoms with van der Waals surface area (Å²) in [6.45, 7) is 20.9. The molecule has 0 aliphatic heterocycles. The van der Waals surface area contributed by atoms with Gasteiger partial charge in [0.05, 0.1) is 27.4 Å². The van der Waals surface area contributed by atoms with Gasteiger partial charge in [-0.25, -0.2) is 19.3 Å². The van der Waals surface area contributed by atoms with Crippen LogP contribution in [0.3, 0.4) is 0 Å². The summed E-state index contributed by atoms with van der Waals surface area (Å²) in [5.74, 6) is -0.779. The second-order valence-corrected chi connectivity index (χ2v) is 9.40. The zero-order valence-corrected chi connectivity index (χ0v) is 23.0. The molecular weight excluding hydrogens is 504 g/mol. The van der Waals surface area contributed by atoms with Crippen LogP contribution in [0.15, 0.2) is 60.7 Å². The number of hydrogen-bond donors (Lipinski definition) is 1. The third kappa shape index (κ3) is 5.57. The molecule has 5 aromatic rings. The number of benzene rings is 3. The minimum atomic E-state index is -0.407. The van der Waals surface area contributed by atoms with Crippen molar-refractivity contribution in [2.75, 3.05) is 14.2 Å². The van der Waals surface area contributed by atoms with Gasteiger partial charge >= 0.3 is 11.9 Å². The van der Waals surface area contributed by atoms with E-state index in [-0.39, 0.29) is 5.97 Å². The summed E-state index contributed by atoms with van der Waals surface area (Å²) in [7, 11) is 2.72. The van der Waals surface area contributed by atoms with E-state index in [0.717, 1.165) is 21.8 Å². The largest absolute Gasteiger partial charge is 0.464 e. The first-order chi connectivity index (χ1) is 19.2. The molecular formula is C32H28N4O4. The number of aryl methyl sites for hydroxylation is 3. The lowest BCUT2D eigenvalue weighted by Crippen LogP contribution is -2.12. The van der Waals surface area contributed by atoms with Crippen LogP contribution in [0.4, 0.5) is 11.4 Å². The molecule has 0 saturated heterocycles. The van der Waals surface area contributed by atoms with Gasteiger partial charge in [0.1, 0.15) is 11.4 Å². The topological polar surface area (TPSA) is 82.0 Å². The Morgan fingerprint density at radius 2 is 1.40 bits per heavy atom. The van der Waals surface area contributed by atoms with Gasteiger partial charge in [0.25, 0.3) is 0 Å². The fraction of sp³-hybridized carbons (Fsp3) is 0.188. The Bertz CT molecular complexity index is 1820. The summed E-state index contributed by atoms with van der Waals surface area (Å²) < 4.78 is 11.5. The van der Waals surface area contributed by atoms with Crippen LogP contribution in [-0.2, 0) is 16.0 Å². The Hall–Kier alpha value is -5.34. The van der Waals surface area contributed by atoms with Crippen molar-refractivity contribution in [3.63, 3.8) is 0 Å². The molecule has 40 heavy (non-hydrogen) atoms. The molecule has 0 saturated carbocycles. The van der Waals surface area contributed by atoms with Gasteiger partial charge in [0.2, 0.25) is 0 Å². The van der Waals surface area contributed by atoms with E-state index in [1.165, 1.54) is 36.5 Å². The van der Waals surface area contributed by atoms with E-state index in [2.05, 4.69) is 52.3 Å². The van der Waals surface area contributed by atoms with Crippen LogP contribution < -0.4 is 0 Å². The highest BCUT2D eigenvalue weighted by atomic mass is 16.5. The van der Waals surface area contributed by atoms with E-state index in [1.807, 2.05) is 22.8 Å². The fourth-order valence-electron chi connectivity index (χ4n) is 4.78. The lowest BCUT2D eigenvalue weighted by molar-refractivity contribution is 0.0583. The molecule has 0 aliphatic carbocycles. The quantitative estimate of drug-likeness (QED) is 0.192. The van der Waals surface area contributed by atoms with Crippen molar-refractivity contribution in [1.29, 1.82) is 0 Å². The Kier molecular flexibility index (Phi) is 8.02. The molecule has 0 radical (unpaired) electrons. The molecule has 1 N–H and O–H groups in total. The number of fused-ring (bicyclic) bond motifs is 2. The summed E-state index contributed by atoms with van der Waals surface area (Å²) in [6, 6.07) is 18.5. The number of nitrogens with one attached hydrogen (secondary N) is 1. The number of esters is 2. The monoisotopic (exact) mass is 532 g/mol. The first-order valence-corrected chi connectivity index (χ1v) is 12.4. The molecule has 3 aromatic carbocycles. The Morgan fingerprint density at radius 1 is 0.800 bits per heavy atom. The van der Waals surface area contributed by atoms with Crippen molar-refractivity contribution in [1.82, 2.24) is 9.55 Å². The summed E-state index contributed by atoms with van der Waals surface area (Å²) in [5.41, 5.74) is 8.42. The van der Waals surface area contributed by atoms with Crippen molar-refractivity contribution in [3.05, 3.63) is 117 Å². The molecule has 0 unspecified atom stereocenters. The summed E-state index contributed by atoms with van der Waals surface area (Å²) in [6.07, 6.45) is 0. The number of aromatic nitrogens is 2. The Morgan fingerprint density at radius 3 is 2.00 bits per heavy atom. The van der Waals surface area contributed by atoms with Crippen molar-refractivity contribution >= 4 is 45.1 Å². The molecule has 0 bridgehead atoms. The lowest BCUT2D eigenvalue weighted by Gasteiger charge is -2.15. The molecule has 8 nitrogen and oxygen atoms in total. The highest BCUT2D eigenvalue weighted by Gasteiger charge is 2.18. The summed E-state index contributed by atoms with van der Waals surface area (Å²) >= 11 is 0. The van der Waals surface area contributed by atoms with Crippen molar-refractivity contribution in [2.45, 2.75) is 27.3 Å². The average molecular weight is 533 g/mol. The number of ether oxygens (including phenoxy) is 2. The van der Waals surface area contributed by atoms with Gasteiger partial charge in [-0.3, -0.25) is 0 Å². The predicted octanol–water partition coefficient (Wildman–Crippen LogP) is 7.46. The van der Waals surface area contributed by atoms with Crippen molar-refractivity contribution in [3.8, 4) is 0 Å². The van der Waals surface area contributed by atoms with Crippen LogP contribution in [0.5, 0.6) is 0 Å². The molecule has 8 heteroatoms. The van der Waals surface area contributed by atoms with E-state index in [4.69, 9.17) is 17.9 Å². The number of carbonyl (C=O) groups excluding carboxylic acids is 2. The van der Waals surface area contributed by atoms with Crippen molar-refractivity contribution in [2.24, 2.45) is 0 Å². The normalized spacial score (nSPS) is 10.4. The third-order valence-corrected chi connectivity index (χ3v) is 6.71. The minimum absolute atomic E-state index is 0.372. The van der Waals surface area contributed by atoms with Crippen LogP contribution in [0.25, 0.3) is 31.5 Å². The SMILES string of the molecule is [C-]#[N+]c1ccc2cc(C(=O)OC)[nH]c2c1.[C-]#[N+]c1ccc2cc(C(=O)OC)n(Cc3c(C)cc(C)cc3C)c2c1. The summed E-state index contributed by atoms with van der Waals surface area (Å²) in [5, 5.41) is 1.82. The van der Waals surface area contributed by atoms with Crippen LogP contribution in [0.1, 0.15) is 43.2 Å². The average Bonchev–Trinajstić information content (AvgIpc) is 3.55. The highest BCUT2D eigenvalue weighted by Crippen LogP contribution is 2.28. The first kappa shape index (κ1) is 27.7. The maximum atomic E-state index is 12.3. The summed E-state index contributed by atoms with van der Waals surface area (Å²) in [4.78, 5) is 33.2. The number of H-pyrrole nitrogens is 1. The molecule has 0 aliphatic rings. The van der Waals surface area contributed by atoms with Gasteiger partial charge in [-0.15, -0.1) is 0 Å². The second-order valence-electron chi connectivity index (χ2n) is 9.40. The van der Waals surface area contributed by atoms with Crippen LogP contribution in [0, 0.1) is 33.9 Å². The number of hydrogen-bond acceptors (Lipinski definition) is 4. The Balaban J connectivity index is 0.000000210. The van der Waals surface area contributed by atoms with E-state index in [1.54, 1.807) is 30.3 Å². The molecule has 0 fully saturated rings. The molecule has 2 heterocycles. The maximum absolute atomic E-state index is 12.3. The van der Waals surface area contributed by atoms with E-state index < -0.39 is 5.97 Å². The number of rotatable bonds is 4. The minimum Gasteiger partial charge on any atom is -0.464 e. The van der Waals surface area contributed by atoms with Gasteiger partial charge in [-0.1, -0.05) is 42.0 Å². The van der Waals surface area contributed by atoms with Gasteiger partial charge in [-0.05, 0) is 72.5 Å². The zero-order valence-electron chi connectivity index (χ0n) is 23.0. The number of carbonyl (C=O) groups is 2. The molecule has 2 aromatic heterocycles. The van der Waals surface area contributed by atoms with E-state index in [0.29, 0.717) is 29.3 Å². The third-order valence-electron chi connectivity index (χ3n) is 6.71. The van der Waals surface area contributed by atoms with E-state index in [9.17, 15) is 9.59 Å². The van der Waals surface area contributed by atoms with E-state index >= 15 is 0 Å².